The molecule has 3 aromatic rings. The third-order valence-corrected chi connectivity index (χ3v) is 4.75. The van der Waals surface area contributed by atoms with Crippen LogP contribution in [-0.2, 0) is 6.54 Å². The molecule has 2 heterocycles. The molecular formula is C18H21N5O4S. The van der Waals surface area contributed by atoms with Crippen molar-refractivity contribution in [3.63, 3.8) is 0 Å². The minimum absolute atomic E-state index is 0.187. The van der Waals surface area contributed by atoms with Crippen molar-refractivity contribution in [1.82, 2.24) is 13.6 Å². The number of aryl methyl sites for hydroxylation is 2. The Morgan fingerprint density at radius 1 is 1.36 bits per heavy atom. The molecule has 2 aromatic heterocycles. The number of amides is 1. The number of aromatic hydroxyl groups is 1. The minimum Gasteiger partial charge on any atom is -0.548 e. The third-order valence-electron chi connectivity index (χ3n) is 4.03. The summed E-state index contributed by atoms with van der Waals surface area (Å²) in [6.07, 6.45) is 0. The summed E-state index contributed by atoms with van der Waals surface area (Å²) >= 11 is -1.68. The fourth-order valence-electron chi connectivity index (χ4n) is 2.61. The number of hydrogen-bond donors (Lipinski definition) is 3. The number of H-pyrrole nitrogens is 1. The first-order chi connectivity index (χ1) is 13.3. The summed E-state index contributed by atoms with van der Waals surface area (Å²) in [5, 5.41) is 13.5. The van der Waals surface area contributed by atoms with Gasteiger partial charge in [0.1, 0.15) is 11.5 Å². The van der Waals surface area contributed by atoms with Gasteiger partial charge in [0.05, 0.1) is 17.8 Å². The number of carbonyl (C=O) groups is 1. The second kappa shape index (κ2) is 7.87. The second-order valence-electron chi connectivity index (χ2n) is 6.45. The van der Waals surface area contributed by atoms with E-state index in [2.05, 4.69) is 19.1 Å². The van der Waals surface area contributed by atoms with Gasteiger partial charge in [-0.3, -0.25) is 9.79 Å². The van der Waals surface area contributed by atoms with Crippen molar-refractivity contribution in [3.8, 4) is 5.75 Å². The molecule has 10 heteroatoms. The van der Waals surface area contributed by atoms with Crippen LogP contribution in [0.4, 0.5) is 11.5 Å². The topological polar surface area (TPSA) is 130 Å². The van der Waals surface area contributed by atoms with E-state index in [0.717, 1.165) is 5.76 Å². The Balaban J connectivity index is 1.94. The average Bonchev–Trinajstić information content (AvgIpc) is 3.20. The van der Waals surface area contributed by atoms with Gasteiger partial charge >= 0.3 is 0 Å². The fourth-order valence-corrected chi connectivity index (χ4v) is 3.28. The lowest BCUT2D eigenvalue weighted by molar-refractivity contribution is 0.0824. The number of rotatable bonds is 5. The van der Waals surface area contributed by atoms with Gasteiger partial charge in [-0.25, -0.2) is 0 Å². The molecule has 0 aliphatic rings. The van der Waals surface area contributed by atoms with Gasteiger partial charge in [-0.2, -0.15) is 0 Å². The number of anilines is 2. The van der Waals surface area contributed by atoms with Crippen molar-refractivity contribution in [2.24, 2.45) is 4.99 Å². The van der Waals surface area contributed by atoms with E-state index in [1.807, 2.05) is 13.0 Å². The monoisotopic (exact) mass is 403 g/mol. The summed E-state index contributed by atoms with van der Waals surface area (Å²) in [6.45, 7) is 3.81. The minimum atomic E-state index is -1.68. The molecule has 1 atom stereocenters. The fraction of sp³-hybridized carbons (Fsp3) is 0.278. The van der Waals surface area contributed by atoms with E-state index in [1.54, 1.807) is 39.2 Å². The number of phenols is 1. The van der Waals surface area contributed by atoms with Crippen LogP contribution in [0.5, 0.6) is 5.75 Å². The Hall–Kier alpha value is -3.11. The zero-order valence-corrected chi connectivity index (χ0v) is 16.8. The molecule has 0 aliphatic carbocycles. The van der Waals surface area contributed by atoms with Gasteiger partial charge in [0.15, 0.2) is 16.9 Å². The van der Waals surface area contributed by atoms with E-state index in [1.165, 1.54) is 4.90 Å². The first-order valence-corrected chi connectivity index (χ1v) is 9.55. The lowest BCUT2D eigenvalue weighted by Crippen LogP contribution is -2.23. The quantitative estimate of drug-likeness (QED) is 0.443. The second-order valence-corrected chi connectivity index (χ2v) is 7.33. The molecule has 0 fully saturated rings. The summed E-state index contributed by atoms with van der Waals surface area (Å²) in [5.74, 6) is 1.09. The highest BCUT2D eigenvalue weighted by Gasteiger charge is 2.20. The van der Waals surface area contributed by atoms with Crippen LogP contribution < -0.4 is 10.8 Å². The maximum atomic E-state index is 12.4. The van der Waals surface area contributed by atoms with Crippen LogP contribution in [0.25, 0.3) is 0 Å². The number of aromatic nitrogens is 2. The number of carbonyl (C=O) groups excluding carboxylic acids is 1. The lowest BCUT2D eigenvalue weighted by atomic mass is 10.0. The number of phenolic OH excluding ortho intramolecular Hbond substituents is 1. The van der Waals surface area contributed by atoms with Gasteiger partial charge < -0.3 is 24.3 Å². The molecule has 148 valence electrons. The molecule has 28 heavy (non-hydrogen) atoms. The molecule has 0 radical (unpaired) electrons. The SMILES string of the molecule is Cc1ccc(CN=c2[nH][s+]([O-])nc2Nc2ccc(C)c(C(=O)N(C)C)c2O)o1. The maximum absolute atomic E-state index is 12.4. The van der Waals surface area contributed by atoms with Crippen LogP contribution >= 0.6 is 11.1 Å². The normalized spacial score (nSPS) is 12.3. The molecule has 1 unspecified atom stereocenters. The van der Waals surface area contributed by atoms with Crippen molar-refractivity contribution in [3.05, 3.63) is 52.4 Å². The van der Waals surface area contributed by atoms with Crippen molar-refractivity contribution < 1.29 is 18.9 Å². The van der Waals surface area contributed by atoms with Crippen molar-refractivity contribution in [2.45, 2.75) is 20.4 Å². The van der Waals surface area contributed by atoms with Crippen LogP contribution in [0.2, 0.25) is 0 Å². The maximum Gasteiger partial charge on any atom is 0.257 e. The third kappa shape index (κ3) is 4.07. The van der Waals surface area contributed by atoms with Crippen LogP contribution in [0, 0.1) is 13.8 Å². The molecule has 0 saturated carbocycles. The summed E-state index contributed by atoms with van der Waals surface area (Å²) in [5.41, 5.74) is 1.36. The molecule has 0 bridgehead atoms. The molecule has 3 N–H and O–H groups in total. The van der Waals surface area contributed by atoms with Gasteiger partial charge in [-0.05, 0) is 37.6 Å². The van der Waals surface area contributed by atoms with Crippen LogP contribution in [0.3, 0.4) is 0 Å². The zero-order valence-electron chi connectivity index (χ0n) is 15.9. The van der Waals surface area contributed by atoms with Crippen molar-refractivity contribution in [1.29, 1.82) is 0 Å². The highest BCUT2D eigenvalue weighted by molar-refractivity contribution is 7.13. The molecule has 1 amide bonds. The first-order valence-electron chi connectivity index (χ1n) is 8.45. The van der Waals surface area contributed by atoms with Crippen molar-refractivity contribution >= 4 is 28.6 Å². The van der Waals surface area contributed by atoms with Crippen LogP contribution in [-0.4, -0.2) is 43.3 Å². The molecule has 0 aliphatic heterocycles. The molecule has 1 aromatic carbocycles. The summed E-state index contributed by atoms with van der Waals surface area (Å²) < 4.78 is 23.9. The molecule has 0 saturated heterocycles. The number of aromatic amines is 1. The summed E-state index contributed by atoms with van der Waals surface area (Å²) in [4.78, 5) is 18.1. The van der Waals surface area contributed by atoms with E-state index < -0.39 is 11.1 Å². The van der Waals surface area contributed by atoms with Crippen LogP contribution in [0.15, 0.2) is 33.7 Å². The predicted molar refractivity (Wildman–Crippen MR) is 104 cm³/mol. The van der Waals surface area contributed by atoms with E-state index in [0.29, 0.717) is 11.3 Å². The summed E-state index contributed by atoms with van der Waals surface area (Å²) in [6, 6.07) is 6.96. The number of nitrogens with one attached hydrogen (secondary N) is 2. The average molecular weight is 403 g/mol. The van der Waals surface area contributed by atoms with Gasteiger partial charge in [-0.1, -0.05) is 6.07 Å². The lowest BCUT2D eigenvalue weighted by Gasteiger charge is -2.16. The zero-order chi connectivity index (χ0) is 20.4. The number of benzene rings is 1. The van der Waals surface area contributed by atoms with Crippen LogP contribution in [0.1, 0.15) is 27.4 Å². The van der Waals surface area contributed by atoms with Crippen molar-refractivity contribution in [2.75, 3.05) is 19.4 Å². The standard InChI is InChI=1S/C18H21N5O4S/c1-10-5-8-13(15(24)14(10)18(25)23(3)4)20-17-16(21-28(26)22-17)19-9-12-7-6-11(2)27-12/h5-8,24H,9H2,1-4H3,(H,19,21)(H,20,22). The Morgan fingerprint density at radius 3 is 2.75 bits per heavy atom. The molecule has 3 rings (SSSR count). The number of hydrogen-bond acceptors (Lipinski definition) is 7. The highest BCUT2D eigenvalue weighted by Crippen LogP contribution is 2.32. The first kappa shape index (κ1) is 19.6. The van der Waals surface area contributed by atoms with E-state index in [4.69, 9.17) is 4.42 Å². The Labute approximate surface area is 164 Å². The Morgan fingerprint density at radius 2 is 2.11 bits per heavy atom. The molecular weight excluding hydrogens is 382 g/mol. The Bertz CT molecular complexity index is 1080. The number of furan rings is 1. The highest BCUT2D eigenvalue weighted by atomic mass is 32.2. The van der Waals surface area contributed by atoms with E-state index in [-0.39, 0.29) is 40.8 Å². The molecule has 0 spiro atoms. The van der Waals surface area contributed by atoms with E-state index in [9.17, 15) is 14.5 Å². The number of nitrogens with zero attached hydrogens (tertiary/aromatic N) is 3. The van der Waals surface area contributed by atoms with Gasteiger partial charge in [-0.15, -0.1) is 4.37 Å². The predicted octanol–water partition coefficient (Wildman–Crippen LogP) is 2.60. The largest absolute Gasteiger partial charge is 0.548 e. The van der Waals surface area contributed by atoms with Gasteiger partial charge in [0.25, 0.3) is 5.91 Å². The smallest absolute Gasteiger partial charge is 0.257 e. The molecule has 9 nitrogen and oxygen atoms in total. The summed E-state index contributed by atoms with van der Waals surface area (Å²) in [7, 11) is 3.22. The Kier molecular flexibility index (Phi) is 5.52. The van der Waals surface area contributed by atoms with E-state index >= 15 is 0 Å². The van der Waals surface area contributed by atoms with Gasteiger partial charge in [0.2, 0.25) is 11.3 Å². The van der Waals surface area contributed by atoms with Gasteiger partial charge in [0, 0.05) is 18.5 Å².